The van der Waals surface area contributed by atoms with Gasteiger partial charge >= 0.3 is 12.0 Å². The predicted molar refractivity (Wildman–Crippen MR) is 66.1 cm³/mol. The number of carboxylic acid groups (broad SMARTS) is 1. The van der Waals surface area contributed by atoms with Crippen LogP contribution in [0.5, 0.6) is 0 Å². The van der Waals surface area contributed by atoms with E-state index in [-0.39, 0.29) is 24.4 Å². The largest absolute Gasteiger partial charge is 0.480 e. The predicted octanol–water partition coefficient (Wildman–Crippen LogP) is 1.71. The first kappa shape index (κ1) is 13.3. The average molecular weight is 266 g/mol. The molecule has 19 heavy (non-hydrogen) atoms. The van der Waals surface area contributed by atoms with Gasteiger partial charge in [0.1, 0.15) is 11.9 Å². The van der Waals surface area contributed by atoms with Crippen LogP contribution >= 0.6 is 0 Å². The van der Waals surface area contributed by atoms with Crippen LogP contribution < -0.4 is 0 Å². The lowest BCUT2D eigenvalue weighted by atomic mass is 10.1. The topological polar surface area (TPSA) is 60.9 Å². The first-order valence-electron chi connectivity index (χ1n) is 5.93. The SMILES string of the molecule is CC(C(=O)O)N1CC(c2cccc(F)c2)N(C)C1=O. The molecule has 1 saturated heterocycles. The van der Waals surface area contributed by atoms with Gasteiger partial charge in [-0.05, 0) is 24.6 Å². The minimum absolute atomic E-state index is 0.242. The number of benzene rings is 1. The van der Waals surface area contributed by atoms with Crippen LogP contribution in [0.3, 0.4) is 0 Å². The Hall–Kier alpha value is -2.11. The summed E-state index contributed by atoms with van der Waals surface area (Å²) in [6, 6.07) is 4.42. The molecule has 1 aliphatic rings. The van der Waals surface area contributed by atoms with E-state index in [2.05, 4.69) is 0 Å². The lowest BCUT2D eigenvalue weighted by molar-refractivity contribution is -0.141. The van der Waals surface area contributed by atoms with Gasteiger partial charge in [-0.15, -0.1) is 0 Å². The van der Waals surface area contributed by atoms with Crippen LogP contribution in [-0.4, -0.2) is 46.5 Å². The molecule has 102 valence electrons. The lowest BCUT2D eigenvalue weighted by Crippen LogP contribution is -2.41. The van der Waals surface area contributed by atoms with Gasteiger partial charge in [-0.3, -0.25) is 0 Å². The smallest absolute Gasteiger partial charge is 0.326 e. The second-order valence-electron chi connectivity index (χ2n) is 4.63. The summed E-state index contributed by atoms with van der Waals surface area (Å²) in [4.78, 5) is 25.7. The number of amides is 2. The highest BCUT2D eigenvalue weighted by atomic mass is 19.1. The van der Waals surface area contributed by atoms with E-state index in [4.69, 9.17) is 5.11 Å². The van der Waals surface area contributed by atoms with Crippen LogP contribution in [0.25, 0.3) is 0 Å². The average Bonchev–Trinajstić information content (AvgIpc) is 2.65. The van der Waals surface area contributed by atoms with Gasteiger partial charge in [0, 0.05) is 13.6 Å². The Morgan fingerprint density at radius 3 is 2.79 bits per heavy atom. The highest BCUT2D eigenvalue weighted by molar-refractivity contribution is 5.84. The number of likely N-dealkylation sites (N-methyl/N-ethyl adjacent to an activating group) is 1. The molecule has 2 unspecified atom stereocenters. The Bertz CT molecular complexity index is 520. The Kier molecular flexibility index (Phi) is 3.42. The molecule has 1 N–H and O–H groups in total. The molecule has 5 nitrogen and oxygen atoms in total. The van der Waals surface area contributed by atoms with Crippen LogP contribution in [0, 0.1) is 5.82 Å². The van der Waals surface area contributed by atoms with Crippen molar-refractivity contribution in [3.8, 4) is 0 Å². The molecule has 0 saturated carbocycles. The second kappa shape index (κ2) is 4.87. The van der Waals surface area contributed by atoms with Gasteiger partial charge in [-0.2, -0.15) is 0 Å². The molecule has 1 fully saturated rings. The molecule has 0 aliphatic carbocycles. The molecule has 2 atom stereocenters. The third-order valence-electron chi connectivity index (χ3n) is 3.44. The summed E-state index contributed by atoms with van der Waals surface area (Å²) in [5.74, 6) is -1.43. The molecule has 0 bridgehead atoms. The van der Waals surface area contributed by atoms with Gasteiger partial charge in [0.2, 0.25) is 0 Å². The van der Waals surface area contributed by atoms with Gasteiger partial charge in [0.25, 0.3) is 0 Å². The van der Waals surface area contributed by atoms with Gasteiger partial charge < -0.3 is 14.9 Å². The summed E-state index contributed by atoms with van der Waals surface area (Å²) in [5.41, 5.74) is 0.663. The van der Waals surface area contributed by atoms with Crippen molar-refractivity contribution in [2.24, 2.45) is 0 Å². The standard InChI is InChI=1S/C13H15FN2O3/c1-8(12(17)18)16-7-11(15(2)13(16)19)9-4-3-5-10(14)6-9/h3-6,8,11H,7H2,1-2H3,(H,17,18). The van der Waals surface area contributed by atoms with Crippen molar-refractivity contribution >= 4 is 12.0 Å². The van der Waals surface area contributed by atoms with E-state index in [9.17, 15) is 14.0 Å². The van der Waals surface area contributed by atoms with Crippen molar-refractivity contribution in [1.82, 2.24) is 9.80 Å². The zero-order chi connectivity index (χ0) is 14.2. The van der Waals surface area contributed by atoms with E-state index in [1.807, 2.05) is 0 Å². The zero-order valence-electron chi connectivity index (χ0n) is 10.7. The summed E-state index contributed by atoms with van der Waals surface area (Å²) in [7, 11) is 1.59. The Labute approximate surface area is 110 Å². The number of urea groups is 1. The Balaban J connectivity index is 2.26. The number of rotatable bonds is 3. The van der Waals surface area contributed by atoms with Crippen LogP contribution in [0.1, 0.15) is 18.5 Å². The van der Waals surface area contributed by atoms with Crippen molar-refractivity contribution in [1.29, 1.82) is 0 Å². The third-order valence-corrected chi connectivity index (χ3v) is 3.44. The first-order chi connectivity index (χ1) is 8.91. The maximum Gasteiger partial charge on any atom is 0.326 e. The van der Waals surface area contributed by atoms with E-state index in [0.29, 0.717) is 5.56 Å². The normalized spacial score (nSPS) is 20.8. The fourth-order valence-corrected chi connectivity index (χ4v) is 2.22. The minimum Gasteiger partial charge on any atom is -0.480 e. The fourth-order valence-electron chi connectivity index (χ4n) is 2.22. The zero-order valence-corrected chi connectivity index (χ0v) is 10.7. The van der Waals surface area contributed by atoms with Crippen molar-refractivity contribution in [2.75, 3.05) is 13.6 Å². The Morgan fingerprint density at radius 2 is 2.21 bits per heavy atom. The van der Waals surface area contributed by atoms with Crippen molar-refractivity contribution in [3.63, 3.8) is 0 Å². The molecular weight excluding hydrogens is 251 g/mol. The molecule has 0 aromatic heterocycles. The molecule has 0 radical (unpaired) electrons. The Morgan fingerprint density at radius 1 is 1.53 bits per heavy atom. The maximum absolute atomic E-state index is 13.2. The van der Waals surface area contributed by atoms with E-state index < -0.39 is 12.0 Å². The third kappa shape index (κ3) is 2.38. The quantitative estimate of drug-likeness (QED) is 0.906. The molecular formula is C13H15FN2O3. The second-order valence-corrected chi connectivity index (χ2v) is 4.63. The van der Waals surface area contributed by atoms with E-state index >= 15 is 0 Å². The number of nitrogens with zero attached hydrogens (tertiary/aromatic N) is 2. The number of halogens is 1. The molecule has 1 heterocycles. The highest BCUT2D eigenvalue weighted by Gasteiger charge is 2.39. The van der Waals surface area contributed by atoms with Crippen molar-refractivity contribution < 1.29 is 19.1 Å². The number of hydrogen-bond acceptors (Lipinski definition) is 2. The van der Waals surface area contributed by atoms with Gasteiger partial charge in [0.15, 0.2) is 0 Å². The molecule has 6 heteroatoms. The number of hydrogen-bond donors (Lipinski definition) is 1. The highest BCUT2D eigenvalue weighted by Crippen LogP contribution is 2.29. The number of carbonyl (C=O) groups excluding carboxylic acids is 1. The van der Waals surface area contributed by atoms with E-state index in [1.54, 1.807) is 19.2 Å². The van der Waals surface area contributed by atoms with Crippen molar-refractivity contribution in [2.45, 2.75) is 19.0 Å². The fraction of sp³-hybridized carbons (Fsp3) is 0.385. The van der Waals surface area contributed by atoms with E-state index in [0.717, 1.165) is 0 Å². The van der Waals surface area contributed by atoms with Crippen molar-refractivity contribution in [3.05, 3.63) is 35.6 Å². The van der Waals surface area contributed by atoms with Crippen LogP contribution in [0.4, 0.5) is 9.18 Å². The summed E-state index contributed by atoms with van der Waals surface area (Å²) in [5, 5.41) is 8.97. The van der Waals surface area contributed by atoms with E-state index in [1.165, 1.54) is 28.9 Å². The molecule has 1 aromatic rings. The van der Waals surface area contributed by atoms with Gasteiger partial charge in [-0.1, -0.05) is 12.1 Å². The van der Waals surface area contributed by atoms with Crippen LogP contribution in [-0.2, 0) is 4.79 Å². The number of carbonyl (C=O) groups is 2. The monoisotopic (exact) mass is 266 g/mol. The van der Waals surface area contributed by atoms with Crippen LogP contribution in [0.2, 0.25) is 0 Å². The molecule has 2 amide bonds. The number of aliphatic carboxylic acids is 1. The molecule has 1 aliphatic heterocycles. The summed E-state index contributed by atoms with van der Waals surface area (Å²) in [6.07, 6.45) is 0. The van der Waals surface area contributed by atoms with Crippen LogP contribution in [0.15, 0.2) is 24.3 Å². The summed E-state index contributed by atoms with van der Waals surface area (Å²) in [6.45, 7) is 1.70. The minimum atomic E-state index is -1.05. The molecule has 0 spiro atoms. The van der Waals surface area contributed by atoms with Gasteiger partial charge in [-0.25, -0.2) is 14.0 Å². The number of carboxylic acids is 1. The molecule has 1 aromatic carbocycles. The lowest BCUT2D eigenvalue weighted by Gasteiger charge is -2.19. The maximum atomic E-state index is 13.2. The molecule has 2 rings (SSSR count). The van der Waals surface area contributed by atoms with Gasteiger partial charge in [0.05, 0.1) is 6.04 Å². The summed E-state index contributed by atoms with van der Waals surface area (Å²) >= 11 is 0. The first-order valence-corrected chi connectivity index (χ1v) is 5.93. The summed E-state index contributed by atoms with van der Waals surface area (Å²) < 4.78 is 13.2.